The summed E-state index contributed by atoms with van der Waals surface area (Å²) in [6.07, 6.45) is -4.50. The average Bonchev–Trinajstić information content (AvgIpc) is 3.92. The minimum absolute atomic E-state index is 0.165. The van der Waals surface area contributed by atoms with Gasteiger partial charge in [-0.2, -0.15) is 25.3 Å². The number of hydrogen-bond acceptors (Lipinski definition) is 24. The summed E-state index contributed by atoms with van der Waals surface area (Å²) in [6.45, 7) is 20.1. The Kier molecular flexibility index (Phi) is 13.7. The second kappa shape index (κ2) is 17.1. The molecule has 0 aromatic heterocycles. The van der Waals surface area contributed by atoms with Crippen molar-refractivity contribution in [3.8, 4) is 0 Å². The van der Waals surface area contributed by atoms with Gasteiger partial charge >= 0.3 is 30.9 Å². The van der Waals surface area contributed by atoms with Gasteiger partial charge in [-0.3, -0.25) is 12.5 Å². The molecule has 0 spiro atoms. The standard InChI is InChI=1S/3C12H21NO8S/c3*1-10(2)18-7-5-16-12(6-17-22(13,14)15)9(8(7)19-10)20-11(3,4)21-12/h3*7-9H,5-6H2,1-4H3,(H2,13,14,15)/t3*7-,8-,9+,12+/m111/s1. The van der Waals surface area contributed by atoms with Crippen LogP contribution >= 0.6 is 0 Å². The van der Waals surface area contributed by atoms with Gasteiger partial charge in [0.1, 0.15) is 74.8 Å². The molecular weight excluding hydrogens is 955 g/mol. The van der Waals surface area contributed by atoms with E-state index in [1.807, 2.05) is 0 Å². The van der Waals surface area contributed by atoms with E-state index in [-0.39, 0.29) is 38.1 Å². The predicted octanol–water partition coefficient (Wildman–Crippen LogP) is -1.19. The third-order valence-electron chi connectivity index (χ3n) is 11.1. The summed E-state index contributed by atoms with van der Waals surface area (Å²) in [6, 6.07) is 0. The van der Waals surface area contributed by atoms with E-state index >= 15 is 0 Å². The van der Waals surface area contributed by atoms with Crippen molar-refractivity contribution in [2.24, 2.45) is 15.4 Å². The minimum atomic E-state index is -4.14. The molecule has 0 aromatic carbocycles. The molecule has 6 N–H and O–H groups in total. The molecule has 0 unspecified atom stereocenters. The number of nitrogens with two attached hydrogens (primary N) is 3. The van der Waals surface area contributed by atoms with Gasteiger partial charge in [-0.05, 0) is 83.1 Å². The van der Waals surface area contributed by atoms with Gasteiger partial charge in [0, 0.05) is 0 Å². The van der Waals surface area contributed by atoms with E-state index in [4.69, 9.17) is 99.0 Å². The maximum Gasteiger partial charge on any atom is 0.333 e. The molecule has 0 aromatic rings. The quantitative estimate of drug-likeness (QED) is 0.245. The molecular formula is C36H63N3O24S3. The minimum Gasteiger partial charge on any atom is -0.343 e. The molecule has 9 saturated heterocycles. The average molecular weight is 1020 g/mol. The molecule has 0 amide bonds. The molecule has 0 radical (unpaired) electrons. The fraction of sp³-hybridized carbons (Fsp3) is 1.00. The number of fused-ring (bicyclic) bond motifs is 9. The third kappa shape index (κ3) is 11.8. The van der Waals surface area contributed by atoms with E-state index < -0.39 is 139 Å². The lowest BCUT2D eigenvalue weighted by molar-refractivity contribution is -0.290. The Morgan fingerprint density at radius 3 is 0.818 bits per heavy atom. The first-order valence-corrected chi connectivity index (χ1v) is 25.3. The molecule has 9 rings (SSSR count). The van der Waals surface area contributed by atoms with Crippen LogP contribution in [0, 0.1) is 0 Å². The Hall–Kier alpha value is -0.990. The summed E-state index contributed by atoms with van der Waals surface area (Å²) in [5.41, 5.74) is 0. The fourth-order valence-corrected chi connectivity index (χ4v) is 10.3. The normalized spacial score (nSPS) is 42.9. The van der Waals surface area contributed by atoms with Gasteiger partial charge in [-0.15, -0.1) is 0 Å². The Morgan fingerprint density at radius 2 is 0.606 bits per heavy atom. The van der Waals surface area contributed by atoms with E-state index in [2.05, 4.69) is 0 Å². The van der Waals surface area contributed by atoms with Crippen molar-refractivity contribution >= 4 is 30.9 Å². The summed E-state index contributed by atoms with van der Waals surface area (Å²) < 4.78 is 168. The molecule has 9 heterocycles. The highest BCUT2D eigenvalue weighted by Gasteiger charge is 2.68. The maximum atomic E-state index is 11.1. The molecule has 0 aliphatic carbocycles. The monoisotopic (exact) mass is 1020 g/mol. The maximum absolute atomic E-state index is 11.1. The highest BCUT2D eigenvalue weighted by Crippen LogP contribution is 2.50. The van der Waals surface area contributed by atoms with E-state index in [1.165, 1.54) is 0 Å². The van der Waals surface area contributed by atoms with E-state index in [1.54, 1.807) is 83.1 Å². The Morgan fingerprint density at radius 1 is 0.379 bits per heavy atom. The lowest BCUT2D eigenvalue weighted by atomic mass is 9.98. The van der Waals surface area contributed by atoms with Crippen molar-refractivity contribution in [1.29, 1.82) is 0 Å². The highest BCUT2D eigenvalue weighted by atomic mass is 32.2. The molecule has 9 aliphatic rings. The SMILES string of the molecule is CC1(C)O[C@@H]2[C@@H](CO[C@@]3(COS(N)(=O)=O)OC(C)(C)O[C@@H]23)O1.CC1(C)O[C@@H]2[C@@H](CO[C@@]3(COS(N)(=O)=O)OC(C)(C)O[C@@H]23)O1.CC1(C)O[C@@H]2[C@@H](CO[C@@]3(COS(N)(=O)=O)OC(C)(C)O[C@@H]23)O1. The molecule has 30 heteroatoms. The zero-order chi connectivity index (χ0) is 49.2. The first-order valence-electron chi connectivity index (χ1n) is 20.9. The second-order valence-corrected chi connectivity index (χ2v) is 23.3. The molecule has 27 nitrogen and oxygen atoms in total. The van der Waals surface area contributed by atoms with Gasteiger partial charge in [-0.1, -0.05) is 0 Å². The molecule has 0 saturated carbocycles. The lowest BCUT2D eigenvalue weighted by Crippen LogP contribution is -2.60. The van der Waals surface area contributed by atoms with Gasteiger partial charge in [0.05, 0.1) is 19.8 Å². The third-order valence-corrected chi connectivity index (χ3v) is 12.4. The molecule has 9 fully saturated rings. The summed E-state index contributed by atoms with van der Waals surface area (Å²) >= 11 is 0. The summed E-state index contributed by atoms with van der Waals surface area (Å²) in [5, 5.41) is 14.7. The summed E-state index contributed by atoms with van der Waals surface area (Å²) in [5.74, 6) is -9.57. The highest BCUT2D eigenvalue weighted by molar-refractivity contribution is 7.84. The first-order chi connectivity index (χ1) is 29.8. The van der Waals surface area contributed by atoms with Crippen LogP contribution in [0.15, 0.2) is 0 Å². The lowest BCUT2D eigenvalue weighted by Gasteiger charge is -2.40. The van der Waals surface area contributed by atoms with Crippen molar-refractivity contribution < 1.29 is 109 Å². The van der Waals surface area contributed by atoms with Crippen LogP contribution in [0.3, 0.4) is 0 Å². The van der Waals surface area contributed by atoms with Gasteiger partial charge in [0.2, 0.25) is 17.4 Å². The van der Waals surface area contributed by atoms with Crippen molar-refractivity contribution in [3.05, 3.63) is 0 Å². The van der Waals surface area contributed by atoms with Crippen molar-refractivity contribution in [3.63, 3.8) is 0 Å². The zero-order valence-corrected chi connectivity index (χ0v) is 41.1. The molecule has 12 atom stereocenters. The Labute approximate surface area is 383 Å². The Bertz CT molecular complexity index is 1920. The van der Waals surface area contributed by atoms with Gasteiger partial charge in [-0.25, -0.2) is 15.4 Å². The molecule has 384 valence electrons. The van der Waals surface area contributed by atoms with E-state index in [9.17, 15) is 25.3 Å². The van der Waals surface area contributed by atoms with Gasteiger partial charge in [0.15, 0.2) is 34.7 Å². The molecule has 9 aliphatic heterocycles. The number of ether oxygens (including phenoxy) is 15. The topological polar surface area (TPSA) is 347 Å². The smallest absolute Gasteiger partial charge is 0.333 e. The fourth-order valence-electron chi connectivity index (χ4n) is 9.34. The van der Waals surface area contributed by atoms with Crippen LogP contribution in [-0.4, -0.2) is 172 Å². The second-order valence-electron chi connectivity index (χ2n) is 19.7. The van der Waals surface area contributed by atoms with Crippen LogP contribution in [0.5, 0.6) is 0 Å². The number of hydrogen-bond donors (Lipinski definition) is 3. The largest absolute Gasteiger partial charge is 0.343 e. The molecule has 66 heavy (non-hydrogen) atoms. The predicted molar refractivity (Wildman–Crippen MR) is 215 cm³/mol. The summed E-state index contributed by atoms with van der Waals surface area (Å²) in [4.78, 5) is 0. The van der Waals surface area contributed by atoms with Crippen LogP contribution in [0.25, 0.3) is 0 Å². The van der Waals surface area contributed by atoms with E-state index in [0.717, 1.165) is 0 Å². The van der Waals surface area contributed by atoms with Crippen molar-refractivity contribution in [2.75, 3.05) is 39.6 Å². The van der Waals surface area contributed by atoms with Crippen LogP contribution in [0.1, 0.15) is 83.1 Å². The van der Waals surface area contributed by atoms with Gasteiger partial charge in [0.25, 0.3) is 0 Å². The van der Waals surface area contributed by atoms with Crippen molar-refractivity contribution in [2.45, 2.75) is 190 Å². The number of rotatable bonds is 9. The van der Waals surface area contributed by atoms with E-state index in [0.29, 0.717) is 0 Å². The zero-order valence-electron chi connectivity index (χ0n) is 38.7. The first kappa shape index (κ1) is 52.8. The van der Waals surface area contributed by atoms with Crippen molar-refractivity contribution in [1.82, 2.24) is 0 Å². The molecule has 0 bridgehead atoms. The Balaban J connectivity index is 0.000000147. The van der Waals surface area contributed by atoms with Crippen LogP contribution in [-0.2, 0) is 115 Å². The van der Waals surface area contributed by atoms with Crippen LogP contribution < -0.4 is 15.4 Å². The van der Waals surface area contributed by atoms with Crippen LogP contribution in [0.4, 0.5) is 0 Å². The summed E-state index contributed by atoms with van der Waals surface area (Å²) in [7, 11) is -12.4. The van der Waals surface area contributed by atoms with Crippen LogP contribution in [0.2, 0.25) is 0 Å². The van der Waals surface area contributed by atoms with Gasteiger partial charge < -0.3 is 71.1 Å².